The number of aryl methyl sites for hydroxylation is 1. The highest BCUT2D eigenvalue weighted by molar-refractivity contribution is 7.89. The van der Waals surface area contributed by atoms with Crippen molar-refractivity contribution in [1.29, 1.82) is 0 Å². The van der Waals surface area contributed by atoms with E-state index in [2.05, 4.69) is 5.10 Å². The van der Waals surface area contributed by atoms with Crippen molar-refractivity contribution in [2.75, 3.05) is 6.61 Å². The summed E-state index contributed by atoms with van der Waals surface area (Å²) >= 11 is 0. The maximum absolute atomic E-state index is 11.8. The van der Waals surface area contributed by atoms with E-state index in [4.69, 9.17) is 9.88 Å². The van der Waals surface area contributed by atoms with E-state index in [0.717, 1.165) is 16.7 Å². The molecule has 3 aromatic rings. The molecular formula is C20H21N3O4S. The number of hydrogen-bond acceptors (Lipinski definition) is 5. The van der Waals surface area contributed by atoms with Gasteiger partial charge in [-0.3, -0.25) is 9.48 Å². The largest absolute Gasteiger partial charge is 0.465 e. The van der Waals surface area contributed by atoms with E-state index in [1.54, 1.807) is 25.3 Å². The van der Waals surface area contributed by atoms with Crippen LogP contribution in [-0.2, 0) is 26.1 Å². The summed E-state index contributed by atoms with van der Waals surface area (Å²) < 4.78 is 29.5. The fraction of sp³-hybridized carbons (Fsp3) is 0.200. The maximum atomic E-state index is 11.8. The third kappa shape index (κ3) is 4.47. The Balaban J connectivity index is 2.06. The number of nitrogens with zero attached hydrogens (tertiary/aromatic N) is 2. The van der Waals surface area contributed by atoms with Crippen LogP contribution in [0.2, 0.25) is 0 Å². The first-order valence-corrected chi connectivity index (χ1v) is 10.3. The lowest BCUT2D eigenvalue weighted by Crippen LogP contribution is -2.13. The van der Waals surface area contributed by atoms with Crippen molar-refractivity contribution in [3.63, 3.8) is 0 Å². The predicted octanol–water partition coefficient (Wildman–Crippen LogP) is 2.74. The highest BCUT2D eigenvalue weighted by Gasteiger charge is 2.16. The third-order valence-electron chi connectivity index (χ3n) is 4.18. The number of primary sulfonamides is 1. The molecule has 7 nitrogen and oxygen atoms in total. The summed E-state index contributed by atoms with van der Waals surface area (Å²) in [5.41, 5.74) is 4.24. The van der Waals surface area contributed by atoms with Crippen LogP contribution in [0.5, 0.6) is 0 Å². The topological polar surface area (TPSA) is 104 Å². The zero-order chi connectivity index (χ0) is 20.3. The summed E-state index contributed by atoms with van der Waals surface area (Å²) in [6, 6.07) is 14.1. The minimum Gasteiger partial charge on any atom is -0.465 e. The van der Waals surface area contributed by atoms with Crippen LogP contribution >= 0.6 is 0 Å². The van der Waals surface area contributed by atoms with Gasteiger partial charge in [-0.15, -0.1) is 0 Å². The van der Waals surface area contributed by atoms with Gasteiger partial charge in [0.25, 0.3) is 0 Å². The normalized spacial score (nSPS) is 11.4. The molecule has 2 N–H and O–H groups in total. The smallest absolute Gasteiger partial charge is 0.327 e. The van der Waals surface area contributed by atoms with Crippen molar-refractivity contribution in [2.45, 2.75) is 25.3 Å². The van der Waals surface area contributed by atoms with E-state index in [1.165, 1.54) is 16.8 Å². The molecule has 0 unspecified atom stereocenters. The molecular weight excluding hydrogens is 378 g/mol. The second kappa shape index (κ2) is 7.95. The fourth-order valence-corrected chi connectivity index (χ4v) is 3.32. The number of carbonyl (C=O) groups is 1. The number of sulfonamides is 1. The Bertz CT molecular complexity index is 1090. The molecule has 0 atom stereocenters. The average molecular weight is 399 g/mol. The summed E-state index contributed by atoms with van der Waals surface area (Å²) in [6.45, 7) is 4.03. The van der Waals surface area contributed by atoms with Crippen LogP contribution < -0.4 is 5.14 Å². The van der Waals surface area contributed by atoms with Crippen LogP contribution in [-0.4, -0.2) is 30.8 Å². The summed E-state index contributed by atoms with van der Waals surface area (Å²) in [7, 11) is -3.77. The lowest BCUT2D eigenvalue weighted by Gasteiger charge is -2.05. The zero-order valence-corrected chi connectivity index (χ0v) is 16.4. The molecule has 0 aliphatic heterocycles. The predicted molar refractivity (Wildman–Crippen MR) is 106 cm³/mol. The molecule has 0 bridgehead atoms. The molecule has 0 aliphatic carbocycles. The molecule has 1 heterocycles. The van der Waals surface area contributed by atoms with E-state index in [-0.39, 0.29) is 17.4 Å². The molecule has 0 saturated heterocycles. The zero-order valence-electron chi connectivity index (χ0n) is 15.6. The number of hydrogen-bond donors (Lipinski definition) is 1. The van der Waals surface area contributed by atoms with Gasteiger partial charge in [0.05, 0.1) is 11.5 Å². The minimum atomic E-state index is -3.77. The molecule has 0 saturated carbocycles. The van der Waals surface area contributed by atoms with Crippen molar-refractivity contribution in [1.82, 2.24) is 9.78 Å². The molecule has 1 aromatic heterocycles. The maximum Gasteiger partial charge on any atom is 0.327 e. The highest BCUT2D eigenvalue weighted by atomic mass is 32.2. The number of esters is 1. The Hall–Kier alpha value is -2.97. The Morgan fingerprint density at radius 1 is 1.07 bits per heavy atom. The number of benzene rings is 2. The molecule has 0 spiro atoms. The van der Waals surface area contributed by atoms with Gasteiger partial charge >= 0.3 is 5.97 Å². The van der Waals surface area contributed by atoms with Crippen molar-refractivity contribution in [3.05, 3.63) is 60.3 Å². The molecule has 0 fully saturated rings. The molecule has 146 valence electrons. The van der Waals surface area contributed by atoms with Crippen LogP contribution in [0.1, 0.15) is 12.5 Å². The number of carbonyl (C=O) groups excluding carboxylic acids is 1. The average Bonchev–Trinajstić information content (AvgIpc) is 3.05. The third-order valence-corrected chi connectivity index (χ3v) is 5.11. The summed E-state index contributed by atoms with van der Waals surface area (Å²) in [6.07, 6.45) is 1.78. The summed E-state index contributed by atoms with van der Waals surface area (Å²) in [5.74, 6) is -0.378. The standard InChI is InChI=1S/C20H21N3O4S/c1-3-27-19(24)13-23-12-18(15-6-4-14(2)5-7-15)20(22-23)16-8-10-17(11-9-16)28(21,25)26/h4-12H,3,13H2,1-2H3,(H2,21,25,26). The van der Waals surface area contributed by atoms with Gasteiger partial charge < -0.3 is 4.74 Å². The fourth-order valence-electron chi connectivity index (χ4n) is 2.80. The Labute approximate surface area is 163 Å². The molecule has 3 rings (SSSR count). The van der Waals surface area contributed by atoms with Gasteiger partial charge in [-0.05, 0) is 31.5 Å². The van der Waals surface area contributed by atoms with Crippen LogP contribution in [0.3, 0.4) is 0 Å². The van der Waals surface area contributed by atoms with Crippen molar-refractivity contribution in [3.8, 4) is 22.4 Å². The molecule has 8 heteroatoms. The molecule has 0 aliphatic rings. The minimum absolute atomic E-state index is 0.0119. The first kappa shape index (κ1) is 19.8. The van der Waals surface area contributed by atoms with E-state index >= 15 is 0 Å². The summed E-state index contributed by atoms with van der Waals surface area (Å²) in [4.78, 5) is 11.9. The second-order valence-electron chi connectivity index (χ2n) is 6.33. The number of nitrogens with two attached hydrogens (primary N) is 1. The van der Waals surface area contributed by atoms with Gasteiger partial charge in [0.15, 0.2) is 0 Å². The van der Waals surface area contributed by atoms with Gasteiger partial charge in [0.1, 0.15) is 12.2 Å². The van der Waals surface area contributed by atoms with Gasteiger partial charge in [-0.25, -0.2) is 13.6 Å². The highest BCUT2D eigenvalue weighted by Crippen LogP contribution is 2.31. The van der Waals surface area contributed by atoms with Gasteiger partial charge in [0.2, 0.25) is 10.0 Å². The van der Waals surface area contributed by atoms with E-state index in [1.807, 2.05) is 31.2 Å². The summed E-state index contributed by atoms with van der Waals surface area (Å²) in [5, 5.41) is 9.70. The molecule has 0 radical (unpaired) electrons. The molecule has 28 heavy (non-hydrogen) atoms. The first-order valence-electron chi connectivity index (χ1n) is 8.71. The lowest BCUT2D eigenvalue weighted by atomic mass is 10.0. The number of aromatic nitrogens is 2. The number of rotatable bonds is 6. The van der Waals surface area contributed by atoms with Crippen LogP contribution in [0.15, 0.2) is 59.6 Å². The Morgan fingerprint density at radius 3 is 2.25 bits per heavy atom. The van der Waals surface area contributed by atoms with Crippen molar-refractivity contribution in [2.24, 2.45) is 5.14 Å². The van der Waals surface area contributed by atoms with E-state index in [0.29, 0.717) is 17.9 Å². The van der Waals surface area contributed by atoms with E-state index < -0.39 is 10.0 Å². The van der Waals surface area contributed by atoms with Gasteiger partial charge in [-0.2, -0.15) is 5.10 Å². The van der Waals surface area contributed by atoms with Crippen LogP contribution in [0.4, 0.5) is 0 Å². The quantitative estimate of drug-likeness (QED) is 0.642. The monoisotopic (exact) mass is 399 g/mol. The Kier molecular flexibility index (Phi) is 5.62. The SMILES string of the molecule is CCOC(=O)Cn1cc(-c2ccc(C)cc2)c(-c2ccc(S(N)(=O)=O)cc2)n1. The second-order valence-corrected chi connectivity index (χ2v) is 7.89. The number of ether oxygens (including phenoxy) is 1. The lowest BCUT2D eigenvalue weighted by molar-refractivity contribution is -0.144. The van der Waals surface area contributed by atoms with Gasteiger partial charge in [-0.1, -0.05) is 42.0 Å². The van der Waals surface area contributed by atoms with Crippen molar-refractivity contribution < 1.29 is 17.9 Å². The van der Waals surface area contributed by atoms with E-state index in [9.17, 15) is 13.2 Å². The first-order chi connectivity index (χ1) is 13.3. The molecule has 2 aromatic carbocycles. The van der Waals surface area contributed by atoms with Crippen LogP contribution in [0.25, 0.3) is 22.4 Å². The molecule has 0 amide bonds. The van der Waals surface area contributed by atoms with Crippen LogP contribution in [0, 0.1) is 6.92 Å². The van der Waals surface area contributed by atoms with Crippen molar-refractivity contribution >= 4 is 16.0 Å². The Morgan fingerprint density at radius 2 is 1.68 bits per heavy atom. The van der Waals surface area contributed by atoms with Gasteiger partial charge in [0, 0.05) is 17.3 Å².